The van der Waals surface area contributed by atoms with Gasteiger partial charge < -0.3 is 9.64 Å². The molecular weight excluding hydrogens is 262 g/mol. The Hall–Kier alpha value is -2.54. The molecular formula is C17H17N3O. The van der Waals surface area contributed by atoms with Gasteiger partial charge in [0.05, 0.1) is 18.7 Å². The fourth-order valence-corrected chi connectivity index (χ4v) is 2.86. The van der Waals surface area contributed by atoms with Crippen LogP contribution in [0.3, 0.4) is 0 Å². The van der Waals surface area contributed by atoms with Gasteiger partial charge in [0.2, 0.25) is 0 Å². The van der Waals surface area contributed by atoms with Crippen LogP contribution < -0.4 is 9.64 Å². The minimum absolute atomic E-state index is 0.320. The molecule has 4 nitrogen and oxygen atoms in total. The highest BCUT2D eigenvalue weighted by atomic mass is 16.5. The van der Waals surface area contributed by atoms with Gasteiger partial charge in [-0.2, -0.15) is 5.26 Å². The normalized spacial score (nSPS) is 17.5. The molecule has 4 heteroatoms. The highest BCUT2D eigenvalue weighted by molar-refractivity contribution is 5.47. The summed E-state index contributed by atoms with van der Waals surface area (Å²) in [6, 6.07) is 14.4. The molecule has 1 aliphatic heterocycles. The standard InChI is InChI=1S/C17H17N3O/c1-21-15-5-2-4-14(10-15)16-6-3-9-20(16)17-8-7-13(11-18)12-19-17/h2,4-5,7-8,10,12,16H,3,6,9H2,1H3. The van der Waals surface area contributed by atoms with Crippen LogP contribution in [-0.4, -0.2) is 18.6 Å². The second-order valence-corrected chi connectivity index (χ2v) is 5.14. The minimum Gasteiger partial charge on any atom is -0.497 e. The number of aromatic nitrogens is 1. The third kappa shape index (κ3) is 2.68. The van der Waals surface area contributed by atoms with E-state index in [-0.39, 0.29) is 0 Å². The molecule has 1 aromatic heterocycles. The average molecular weight is 279 g/mol. The first kappa shape index (κ1) is 13.4. The summed E-state index contributed by atoms with van der Waals surface area (Å²) in [5.41, 5.74) is 1.84. The molecule has 1 aromatic carbocycles. The van der Waals surface area contributed by atoms with Crippen molar-refractivity contribution in [1.82, 2.24) is 4.98 Å². The Labute approximate surface area is 124 Å². The number of methoxy groups -OCH3 is 1. The number of benzene rings is 1. The minimum atomic E-state index is 0.320. The number of hydrogen-bond acceptors (Lipinski definition) is 4. The van der Waals surface area contributed by atoms with E-state index in [1.807, 2.05) is 24.3 Å². The van der Waals surface area contributed by atoms with Crippen molar-refractivity contribution in [2.75, 3.05) is 18.6 Å². The van der Waals surface area contributed by atoms with Crippen LogP contribution in [0.15, 0.2) is 42.6 Å². The first-order valence-electron chi connectivity index (χ1n) is 7.08. The molecule has 1 fully saturated rings. The van der Waals surface area contributed by atoms with Crippen molar-refractivity contribution in [3.05, 3.63) is 53.7 Å². The lowest BCUT2D eigenvalue weighted by atomic mass is 10.0. The van der Waals surface area contributed by atoms with E-state index >= 15 is 0 Å². The summed E-state index contributed by atoms with van der Waals surface area (Å²) in [6.07, 6.45) is 3.88. The van der Waals surface area contributed by atoms with Crippen LogP contribution in [0.2, 0.25) is 0 Å². The molecule has 0 spiro atoms. The van der Waals surface area contributed by atoms with Crippen molar-refractivity contribution in [2.24, 2.45) is 0 Å². The van der Waals surface area contributed by atoms with Crippen molar-refractivity contribution in [3.63, 3.8) is 0 Å². The summed E-state index contributed by atoms with van der Waals surface area (Å²) in [4.78, 5) is 6.72. The van der Waals surface area contributed by atoms with E-state index in [2.05, 4.69) is 28.1 Å². The van der Waals surface area contributed by atoms with E-state index in [9.17, 15) is 0 Å². The Morgan fingerprint density at radius 3 is 2.95 bits per heavy atom. The molecule has 1 saturated heterocycles. The SMILES string of the molecule is COc1cccc(C2CCCN2c2ccc(C#N)cn2)c1. The third-order valence-corrected chi connectivity index (χ3v) is 3.90. The number of nitriles is 1. The second-order valence-electron chi connectivity index (χ2n) is 5.14. The van der Waals surface area contributed by atoms with E-state index in [0.29, 0.717) is 11.6 Å². The Morgan fingerprint density at radius 2 is 2.24 bits per heavy atom. The highest BCUT2D eigenvalue weighted by Gasteiger charge is 2.27. The third-order valence-electron chi connectivity index (χ3n) is 3.90. The molecule has 0 amide bonds. The van der Waals surface area contributed by atoms with Gasteiger partial charge in [-0.25, -0.2) is 4.98 Å². The molecule has 1 atom stereocenters. The molecule has 0 radical (unpaired) electrons. The van der Waals surface area contributed by atoms with Gasteiger partial charge in [0.15, 0.2) is 0 Å². The van der Waals surface area contributed by atoms with Crippen LogP contribution in [0.1, 0.15) is 30.0 Å². The van der Waals surface area contributed by atoms with Gasteiger partial charge in [0.1, 0.15) is 17.6 Å². The molecule has 106 valence electrons. The van der Waals surface area contributed by atoms with Crippen molar-refractivity contribution < 1.29 is 4.74 Å². The molecule has 21 heavy (non-hydrogen) atoms. The number of pyridine rings is 1. The summed E-state index contributed by atoms with van der Waals surface area (Å²) in [5.74, 6) is 1.81. The van der Waals surface area contributed by atoms with Gasteiger partial charge in [-0.3, -0.25) is 0 Å². The van der Waals surface area contributed by atoms with E-state index in [4.69, 9.17) is 10.00 Å². The van der Waals surface area contributed by atoms with Gasteiger partial charge in [0, 0.05) is 12.7 Å². The van der Waals surface area contributed by atoms with E-state index in [1.54, 1.807) is 13.3 Å². The van der Waals surface area contributed by atoms with E-state index < -0.39 is 0 Å². The Bertz CT molecular complexity index is 660. The zero-order valence-corrected chi connectivity index (χ0v) is 12.0. The van der Waals surface area contributed by atoms with Crippen molar-refractivity contribution in [2.45, 2.75) is 18.9 Å². The number of hydrogen-bond donors (Lipinski definition) is 0. The maximum absolute atomic E-state index is 8.86. The van der Waals surface area contributed by atoms with Gasteiger partial charge in [-0.15, -0.1) is 0 Å². The quantitative estimate of drug-likeness (QED) is 0.865. The average Bonchev–Trinajstić information content (AvgIpc) is 3.04. The molecule has 0 bridgehead atoms. The van der Waals surface area contributed by atoms with Crippen LogP contribution >= 0.6 is 0 Å². The van der Waals surface area contributed by atoms with Crippen LogP contribution in [0, 0.1) is 11.3 Å². The molecule has 0 aliphatic carbocycles. The Kier molecular flexibility index (Phi) is 3.74. The van der Waals surface area contributed by atoms with Crippen LogP contribution in [0.4, 0.5) is 5.82 Å². The van der Waals surface area contributed by atoms with Gasteiger partial charge in [-0.1, -0.05) is 12.1 Å². The number of nitrogens with zero attached hydrogens (tertiary/aromatic N) is 3. The summed E-state index contributed by atoms with van der Waals surface area (Å²) in [5, 5.41) is 8.86. The first-order chi connectivity index (χ1) is 10.3. The zero-order valence-electron chi connectivity index (χ0n) is 12.0. The molecule has 1 aliphatic rings. The van der Waals surface area contributed by atoms with Gasteiger partial charge >= 0.3 is 0 Å². The lowest BCUT2D eigenvalue weighted by Gasteiger charge is -2.26. The molecule has 2 aromatic rings. The van der Waals surface area contributed by atoms with E-state index in [1.165, 1.54) is 5.56 Å². The number of anilines is 1. The zero-order chi connectivity index (χ0) is 14.7. The summed E-state index contributed by atoms with van der Waals surface area (Å²) in [7, 11) is 1.69. The van der Waals surface area contributed by atoms with Crippen LogP contribution in [0.5, 0.6) is 5.75 Å². The Balaban J connectivity index is 1.89. The molecule has 0 saturated carbocycles. The van der Waals surface area contributed by atoms with E-state index in [0.717, 1.165) is 31.0 Å². The second kappa shape index (κ2) is 5.84. The van der Waals surface area contributed by atoms with Crippen LogP contribution in [0.25, 0.3) is 0 Å². The van der Waals surface area contributed by atoms with Gasteiger partial charge in [0.25, 0.3) is 0 Å². The smallest absolute Gasteiger partial charge is 0.129 e. The monoisotopic (exact) mass is 279 g/mol. The molecule has 0 N–H and O–H groups in total. The van der Waals surface area contributed by atoms with Crippen molar-refractivity contribution in [3.8, 4) is 11.8 Å². The maximum atomic E-state index is 8.86. The lowest BCUT2D eigenvalue weighted by molar-refractivity contribution is 0.414. The summed E-state index contributed by atoms with van der Waals surface area (Å²) >= 11 is 0. The molecule has 1 unspecified atom stereocenters. The van der Waals surface area contributed by atoms with Crippen molar-refractivity contribution >= 4 is 5.82 Å². The maximum Gasteiger partial charge on any atom is 0.129 e. The summed E-state index contributed by atoms with van der Waals surface area (Å²) in [6.45, 7) is 0.987. The fraction of sp³-hybridized carbons (Fsp3) is 0.294. The topological polar surface area (TPSA) is 49.1 Å². The van der Waals surface area contributed by atoms with Gasteiger partial charge in [-0.05, 0) is 42.7 Å². The predicted octanol–water partition coefficient (Wildman–Crippen LogP) is 3.30. The molecule has 3 rings (SSSR count). The number of rotatable bonds is 3. The Morgan fingerprint density at radius 1 is 1.33 bits per heavy atom. The lowest BCUT2D eigenvalue weighted by Crippen LogP contribution is -2.23. The number of ether oxygens (including phenoxy) is 1. The highest BCUT2D eigenvalue weighted by Crippen LogP contribution is 2.36. The van der Waals surface area contributed by atoms with Crippen LogP contribution in [-0.2, 0) is 0 Å². The van der Waals surface area contributed by atoms with Crippen molar-refractivity contribution in [1.29, 1.82) is 5.26 Å². The fourth-order valence-electron chi connectivity index (χ4n) is 2.86. The summed E-state index contributed by atoms with van der Waals surface area (Å²) < 4.78 is 5.32. The largest absolute Gasteiger partial charge is 0.497 e. The predicted molar refractivity (Wildman–Crippen MR) is 81.3 cm³/mol. The molecule has 2 heterocycles. The first-order valence-corrected chi connectivity index (χ1v) is 7.08.